The Bertz CT molecular complexity index is 1460. The fourth-order valence-corrected chi connectivity index (χ4v) is 5.63. The van der Waals surface area contributed by atoms with Crippen molar-refractivity contribution in [3.05, 3.63) is 95.6 Å². The number of carbonyl (C=O) groups excluding carboxylic acids is 3. The van der Waals surface area contributed by atoms with Gasteiger partial charge in [0.05, 0.1) is 19.3 Å². The summed E-state index contributed by atoms with van der Waals surface area (Å²) in [6.07, 6.45) is -3.73. The number of nitrogens with one attached hydrogen (secondary N) is 1. The van der Waals surface area contributed by atoms with Crippen LogP contribution in [0.1, 0.15) is 34.3 Å². The lowest BCUT2D eigenvalue weighted by molar-refractivity contribution is -0.138. The third-order valence-electron chi connectivity index (χ3n) is 7.85. The lowest BCUT2D eigenvalue weighted by atomic mass is 9.85. The number of amides is 3. The first-order valence-electron chi connectivity index (χ1n) is 13.6. The van der Waals surface area contributed by atoms with Gasteiger partial charge in [0.15, 0.2) is 0 Å². The van der Waals surface area contributed by atoms with Crippen LogP contribution in [-0.2, 0) is 22.3 Å². The fraction of sp³-hybridized carbons (Fsp3) is 0.323. The van der Waals surface area contributed by atoms with Crippen molar-refractivity contribution in [3.63, 3.8) is 0 Å². The highest BCUT2D eigenvalue weighted by molar-refractivity contribution is 5.98. The number of piperidine rings is 1. The number of likely N-dealkylation sites (tertiary alicyclic amines) is 1. The molecule has 0 atom stereocenters. The molecular weight excluding hydrogens is 549 g/mol. The molecule has 2 fully saturated rings. The fourth-order valence-electron chi connectivity index (χ4n) is 5.63. The molecule has 2 heterocycles. The zero-order valence-corrected chi connectivity index (χ0v) is 23.1. The Morgan fingerprint density at radius 3 is 2.36 bits per heavy atom. The zero-order valence-electron chi connectivity index (χ0n) is 23.1. The number of halogens is 3. The molecule has 0 aromatic heterocycles. The van der Waals surface area contributed by atoms with Gasteiger partial charge in [-0.2, -0.15) is 13.2 Å². The first-order chi connectivity index (χ1) is 20.1. The maximum atomic E-state index is 13.9. The molecular formula is C31H31F3N4O4. The summed E-state index contributed by atoms with van der Waals surface area (Å²) in [6.45, 7) is 0.528. The third kappa shape index (κ3) is 5.90. The van der Waals surface area contributed by atoms with Gasteiger partial charge in [-0.25, -0.2) is 0 Å². The molecule has 0 unspecified atom stereocenters. The summed E-state index contributed by atoms with van der Waals surface area (Å²) in [5.74, 6) is -0.255. The molecule has 0 aliphatic carbocycles. The molecule has 220 valence electrons. The van der Waals surface area contributed by atoms with E-state index in [0.29, 0.717) is 42.8 Å². The SMILES string of the molecule is COc1cccc(C(=O)N2CCC3(CC2)C(=O)N(CC(=O)NCc2cccc(C(F)(F)F)c2)CN3c2ccccc2)c1. The molecule has 8 nitrogen and oxygen atoms in total. The molecule has 42 heavy (non-hydrogen) atoms. The summed E-state index contributed by atoms with van der Waals surface area (Å²) in [6, 6.07) is 21.1. The number of nitrogens with zero attached hydrogens (tertiary/aromatic N) is 3. The summed E-state index contributed by atoms with van der Waals surface area (Å²) < 4.78 is 44.4. The van der Waals surface area contributed by atoms with E-state index in [1.165, 1.54) is 24.1 Å². The minimum atomic E-state index is -4.48. The molecule has 0 saturated carbocycles. The number of benzene rings is 3. The molecule has 2 saturated heterocycles. The number of hydrogen-bond acceptors (Lipinski definition) is 5. The number of carbonyl (C=O) groups is 3. The monoisotopic (exact) mass is 580 g/mol. The van der Waals surface area contributed by atoms with E-state index in [1.807, 2.05) is 35.2 Å². The van der Waals surface area contributed by atoms with Gasteiger partial charge < -0.3 is 24.8 Å². The Balaban J connectivity index is 1.28. The molecule has 3 amide bonds. The van der Waals surface area contributed by atoms with Gasteiger partial charge in [-0.05, 0) is 60.9 Å². The Labute approximate surface area is 241 Å². The van der Waals surface area contributed by atoms with E-state index in [0.717, 1.165) is 17.8 Å². The van der Waals surface area contributed by atoms with Gasteiger partial charge >= 0.3 is 6.18 Å². The van der Waals surface area contributed by atoms with Crippen LogP contribution in [-0.4, -0.2) is 66.5 Å². The highest BCUT2D eigenvalue weighted by Crippen LogP contribution is 2.39. The topological polar surface area (TPSA) is 82.2 Å². The van der Waals surface area contributed by atoms with Crippen molar-refractivity contribution in [1.29, 1.82) is 0 Å². The van der Waals surface area contributed by atoms with Gasteiger partial charge in [0.25, 0.3) is 11.8 Å². The van der Waals surface area contributed by atoms with Crippen molar-refractivity contribution in [3.8, 4) is 5.75 Å². The minimum absolute atomic E-state index is 0.0976. The quantitative estimate of drug-likeness (QED) is 0.451. The van der Waals surface area contributed by atoms with Crippen molar-refractivity contribution in [2.75, 3.05) is 38.3 Å². The minimum Gasteiger partial charge on any atom is -0.497 e. The van der Waals surface area contributed by atoms with Crippen LogP contribution >= 0.6 is 0 Å². The molecule has 11 heteroatoms. The molecule has 2 aliphatic heterocycles. The number of ether oxygens (including phenoxy) is 1. The maximum absolute atomic E-state index is 13.9. The van der Waals surface area contributed by atoms with Crippen LogP contribution in [0.5, 0.6) is 5.75 Å². The second kappa shape index (κ2) is 11.8. The Morgan fingerprint density at radius 1 is 0.952 bits per heavy atom. The van der Waals surface area contributed by atoms with E-state index in [9.17, 15) is 27.6 Å². The second-order valence-electron chi connectivity index (χ2n) is 10.4. The number of alkyl halides is 3. The van der Waals surface area contributed by atoms with Gasteiger partial charge in [-0.3, -0.25) is 14.4 Å². The van der Waals surface area contributed by atoms with Crippen LogP contribution in [0, 0.1) is 0 Å². The summed E-state index contributed by atoms with van der Waals surface area (Å²) in [5.41, 5.74) is -0.0947. The van der Waals surface area contributed by atoms with Crippen LogP contribution < -0.4 is 15.0 Å². The summed E-state index contributed by atoms with van der Waals surface area (Å²) in [5, 5.41) is 2.64. The van der Waals surface area contributed by atoms with E-state index in [1.54, 1.807) is 29.2 Å². The summed E-state index contributed by atoms with van der Waals surface area (Å²) in [4.78, 5) is 45.2. The van der Waals surface area contributed by atoms with Crippen LogP contribution in [0.3, 0.4) is 0 Å². The maximum Gasteiger partial charge on any atom is 0.416 e. The molecule has 1 spiro atoms. The van der Waals surface area contributed by atoms with Gasteiger partial charge in [-0.15, -0.1) is 0 Å². The number of anilines is 1. The van der Waals surface area contributed by atoms with Gasteiger partial charge in [0.1, 0.15) is 17.8 Å². The van der Waals surface area contributed by atoms with E-state index in [-0.39, 0.29) is 31.6 Å². The number of rotatable bonds is 7. The first-order valence-corrected chi connectivity index (χ1v) is 13.6. The summed E-state index contributed by atoms with van der Waals surface area (Å²) in [7, 11) is 1.54. The van der Waals surface area contributed by atoms with Gasteiger partial charge in [-0.1, -0.05) is 36.4 Å². The number of para-hydroxylation sites is 1. The molecule has 3 aromatic carbocycles. The Hall–Kier alpha value is -4.54. The normalized spacial score (nSPS) is 16.6. The number of methoxy groups -OCH3 is 1. The zero-order chi connectivity index (χ0) is 29.9. The molecule has 2 aliphatic rings. The Morgan fingerprint density at radius 2 is 1.67 bits per heavy atom. The highest BCUT2D eigenvalue weighted by Gasteiger charge is 2.54. The van der Waals surface area contributed by atoms with Crippen LogP contribution in [0.2, 0.25) is 0 Å². The van der Waals surface area contributed by atoms with E-state index in [2.05, 4.69) is 5.32 Å². The van der Waals surface area contributed by atoms with E-state index in [4.69, 9.17) is 4.74 Å². The largest absolute Gasteiger partial charge is 0.497 e. The van der Waals surface area contributed by atoms with Crippen molar-refractivity contribution < 1.29 is 32.3 Å². The lowest BCUT2D eigenvalue weighted by Gasteiger charge is -2.43. The molecule has 5 rings (SSSR count). The average Bonchev–Trinajstić information content (AvgIpc) is 3.26. The van der Waals surface area contributed by atoms with Gasteiger partial charge in [0, 0.05) is 30.9 Å². The van der Waals surface area contributed by atoms with Crippen molar-refractivity contribution in [2.24, 2.45) is 0 Å². The standard InChI is InChI=1S/C31H31F3N4O4/c1-42-26-12-6-8-23(18-26)28(40)36-15-13-30(14-16-36)29(41)37(21-38(30)25-10-3-2-4-11-25)20-27(39)35-19-22-7-5-9-24(17-22)31(32,33)34/h2-12,17-18H,13-16,19-21H2,1H3,(H,35,39). The molecule has 0 radical (unpaired) electrons. The third-order valence-corrected chi connectivity index (χ3v) is 7.85. The van der Waals surface area contributed by atoms with Gasteiger partial charge in [0.2, 0.25) is 5.91 Å². The number of hydrogen-bond donors (Lipinski definition) is 1. The van der Waals surface area contributed by atoms with E-state index < -0.39 is 23.2 Å². The van der Waals surface area contributed by atoms with Crippen LogP contribution in [0.25, 0.3) is 0 Å². The predicted molar refractivity (Wildman–Crippen MR) is 150 cm³/mol. The van der Waals surface area contributed by atoms with E-state index >= 15 is 0 Å². The van der Waals surface area contributed by atoms with Crippen molar-refractivity contribution in [2.45, 2.75) is 31.1 Å². The first kappa shape index (κ1) is 29.0. The molecule has 0 bridgehead atoms. The second-order valence-corrected chi connectivity index (χ2v) is 10.4. The highest BCUT2D eigenvalue weighted by atomic mass is 19.4. The van der Waals surface area contributed by atoms with Crippen molar-refractivity contribution in [1.82, 2.24) is 15.1 Å². The van der Waals surface area contributed by atoms with Crippen molar-refractivity contribution >= 4 is 23.4 Å². The Kier molecular flexibility index (Phi) is 8.11. The lowest BCUT2D eigenvalue weighted by Crippen LogP contribution is -2.57. The average molecular weight is 581 g/mol. The summed E-state index contributed by atoms with van der Waals surface area (Å²) >= 11 is 0. The van der Waals surface area contributed by atoms with Crippen LogP contribution in [0.15, 0.2) is 78.9 Å². The predicted octanol–water partition coefficient (Wildman–Crippen LogP) is 4.31. The van der Waals surface area contributed by atoms with Crippen LogP contribution in [0.4, 0.5) is 18.9 Å². The molecule has 1 N–H and O–H groups in total. The molecule has 3 aromatic rings. The smallest absolute Gasteiger partial charge is 0.416 e.